The molecule has 3 rings (SSSR count). The Balaban J connectivity index is 1.81. The molecule has 3 atom stereocenters. The summed E-state index contributed by atoms with van der Waals surface area (Å²) in [7, 11) is 2.01. The average molecular weight is 288 g/mol. The van der Waals surface area contributed by atoms with Crippen LogP contribution in [0.5, 0.6) is 0 Å². The van der Waals surface area contributed by atoms with Gasteiger partial charge in [-0.15, -0.1) is 0 Å². The number of likely N-dealkylation sites (tertiary alicyclic amines) is 2. The van der Waals surface area contributed by atoms with Gasteiger partial charge in [0.2, 0.25) is 5.91 Å². The van der Waals surface area contributed by atoms with Gasteiger partial charge in [-0.3, -0.25) is 9.69 Å². The molecule has 0 radical (unpaired) electrons. The first-order valence-corrected chi connectivity index (χ1v) is 7.72. The topological polar surface area (TPSA) is 43.8 Å². The molecule has 0 unspecified atom stereocenters. The Morgan fingerprint density at radius 2 is 2.05 bits per heavy atom. The van der Waals surface area contributed by atoms with E-state index in [1.165, 1.54) is 5.56 Å². The van der Waals surface area contributed by atoms with Crippen molar-refractivity contribution in [3.05, 3.63) is 35.9 Å². The van der Waals surface area contributed by atoms with Gasteiger partial charge in [-0.1, -0.05) is 30.3 Å². The Hall–Kier alpha value is -1.39. The lowest BCUT2D eigenvalue weighted by Crippen LogP contribution is -2.60. The van der Waals surface area contributed by atoms with Crippen LogP contribution in [0.25, 0.3) is 0 Å². The van der Waals surface area contributed by atoms with Gasteiger partial charge >= 0.3 is 0 Å². The van der Waals surface area contributed by atoms with E-state index in [0.29, 0.717) is 6.54 Å². The molecule has 2 heterocycles. The molecule has 2 aliphatic heterocycles. The second-order valence-corrected chi connectivity index (χ2v) is 6.58. The molecular formula is C17H24N2O2. The maximum Gasteiger partial charge on any atom is 0.243 e. The van der Waals surface area contributed by atoms with Crippen LogP contribution in [-0.2, 0) is 11.3 Å². The van der Waals surface area contributed by atoms with Crippen LogP contribution in [0.2, 0.25) is 0 Å². The van der Waals surface area contributed by atoms with Gasteiger partial charge < -0.3 is 10.0 Å². The van der Waals surface area contributed by atoms with Crippen molar-refractivity contribution < 1.29 is 9.90 Å². The Bertz CT molecular complexity index is 519. The highest BCUT2D eigenvalue weighted by Crippen LogP contribution is 2.44. The Morgan fingerprint density at radius 3 is 2.71 bits per heavy atom. The Kier molecular flexibility index (Phi) is 3.76. The fourth-order valence-corrected chi connectivity index (χ4v) is 4.11. The number of amides is 1. The smallest absolute Gasteiger partial charge is 0.243 e. The minimum absolute atomic E-state index is 0.177. The van der Waals surface area contributed by atoms with Gasteiger partial charge in [0.25, 0.3) is 0 Å². The molecule has 21 heavy (non-hydrogen) atoms. The zero-order valence-corrected chi connectivity index (χ0v) is 12.8. The summed E-state index contributed by atoms with van der Waals surface area (Å²) in [5.74, 6) is 0.705. The lowest BCUT2D eigenvalue weighted by molar-refractivity contribution is -0.149. The van der Waals surface area contributed by atoms with E-state index >= 15 is 0 Å². The molecule has 2 fully saturated rings. The lowest BCUT2D eigenvalue weighted by atomic mass is 9.75. The summed E-state index contributed by atoms with van der Waals surface area (Å²) in [6.07, 6.45) is 0.977. The number of benzene rings is 1. The zero-order valence-electron chi connectivity index (χ0n) is 12.8. The molecule has 4 nitrogen and oxygen atoms in total. The lowest BCUT2D eigenvalue weighted by Gasteiger charge is -2.45. The average Bonchev–Trinajstić information content (AvgIpc) is 2.76. The van der Waals surface area contributed by atoms with E-state index in [9.17, 15) is 9.90 Å². The minimum Gasteiger partial charge on any atom is -0.396 e. The monoisotopic (exact) mass is 288 g/mol. The van der Waals surface area contributed by atoms with Crippen LogP contribution in [0, 0.1) is 11.8 Å². The van der Waals surface area contributed by atoms with Gasteiger partial charge in [0.15, 0.2) is 0 Å². The Labute approximate surface area is 126 Å². The maximum absolute atomic E-state index is 13.0. The third-order valence-corrected chi connectivity index (χ3v) is 5.47. The molecule has 1 aromatic carbocycles. The van der Waals surface area contributed by atoms with E-state index in [1.807, 2.05) is 37.1 Å². The van der Waals surface area contributed by atoms with E-state index in [-0.39, 0.29) is 24.3 Å². The Morgan fingerprint density at radius 1 is 1.33 bits per heavy atom. The third kappa shape index (κ3) is 2.27. The van der Waals surface area contributed by atoms with E-state index in [2.05, 4.69) is 17.0 Å². The highest BCUT2D eigenvalue weighted by atomic mass is 16.3. The molecule has 1 aromatic rings. The number of piperidine rings is 1. The van der Waals surface area contributed by atoms with Crippen LogP contribution in [0.4, 0.5) is 0 Å². The number of carbonyl (C=O) groups excluding carboxylic acids is 1. The first-order chi connectivity index (χ1) is 10.1. The molecule has 1 amide bonds. The van der Waals surface area contributed by atoms with Crippen LogP contribution in [0.15, 0.2) is 30.3 Å². The fourth-order valence-electron chi connectivity index (χ4n) is 4.11. The summed E-state index contributed by atoms with van der Waals surface area (Å²) in [4.78, 5) is 17.1. The van der Waals surface area contributed by atoms with Crippen molar-refractivity contribution in [2.45, 2.75) is 25.4 Å². The van der Waals surface area contributed by atoms with Crippen molar-refractivity contribution >= 4 is 5.91 Å². The molecule has 0 bridgehead atoms. The van der Waals surface area contributed by atoms with Gasteiger partial charge in [0, 0.05) is 26.2 Å². The summed E-state index contributed by atoms with van der Waals surface area (Å²) in [5.41, 5.74) is 0.715. The van der Waals surface area contributed by atoms with Gasteiger partial charge in [-0.2, -0.15) is 0 Å². The van der Waals surface area contributed by atoms with Gasteiger partial charge in [-0.25, -0.2) is 0 Å². The van der Waals surface area contributed by atoms with E-state index in [0.717, 1.165) is 19.5 Å². The first-order valence-electron chi connectivity index (χ1n) is 7.72. The van der Waals surface area contributed by atoms with Gasteiger partial charge in [0.1, 0.15) is 5.54 Å². The number of hydrogen-bond donors (Lipinski definition) is 1. The number of carbonyl (C=O) groups is 1. The van der Waals surface area contributed by atoms with Gasteiger partial charge in [0.05, 0.1) is 0 Å². The maximum atomic E-state index is 13.0. The van der Waals surface area contributed by atoms with Crippen LogP contribution in [0.3, 0.4) is 0 Å². The summed E-state index contributed by atoms with van der Waals surface area (Å²) in [6.45, 7) is 4.50. The zero-order chi connectivity index (χ0) is 15.0. The number of fused-ring (bicyclic) bond motifs is 1. The normalized spacial score (nSPS) is 33.3. The summed E-state index contributed by atoms with van der Waals surface area (Å²) in [6, 6.07) is 10.2. The number of hydrogen-bond acceptors (Lipinski definition) is 3. The van der Waals surface area contributed by atoms with E-state index in [4.69, 9.17) is 0 Å². The molecule has 114 valence electrons. The molecule has 1 N–H and O–H groups in total. The van der Waals surface area contributed by atoms with Crippen molar-refractivity contribution in [2.24, 2.45) is 11.8 Å². The number of aliphatic hydroxyl groups is 1. The largest absolute Gasteiger partial charge is 0.396 e. The molecule has 0 saturated carbocycles. The number of likely N-dealkylation sites (N-methyl/N-ethyl adjacent to an activating group) is 1. The van der Waals surface area contributed by atoms with Crippen molar-refractivity contribution in [1.82, 2.24) is 9.80 Å². The van der Waals surface area contributed by atoms with Crippen molar-refractivity contribution in [3.8, 4) is 0 Å². The highest BCUT2D eigenvalue weighted by molar-refractivity contribution is 5.87. The van der Waals surface area contributed by atoms with E-state index in [1.54, 1.807) is 0 Å². The summed E-state index contributed by atoms with van der Waals surface area (Å²) >= 11 is 0. The highest BCUT2D eigenvalue weighted by Gasteiger charge is 2.56. The molecule has 0 aromatic heterocycles. The van der Waals surface area contributed by atoms with Crippen LogP contribution >= 0.6 is 0 Å². The molecule has 2 aliphatic rings. The number of aliphatic hydroxyl groups excluding tert-OH is 1. The SMILES string of the molecule is CN1C[C@@H](CO)[C@H]2CCN(Cc3ccccc3)C(=O)[C@]21C. The quantitative estimate of drug-likeness (QED) is 0.913. The molecule has 4 heteroatoms. The van der Waals surface area contributed by atoms with Crippen molar-refractivity contribution in [2.75, 3.05) is 26.7 Å². The predicted molar refractivity (Wildman–Crippen MR) is 81.6 cm³/mol. The van der Waals surface area contributed by atoms with Crippen molar-refractivity contribution in [3.63, 3.8) is 0 Å². The second-order valence-electron chi connectivity index (χ2n) is 6.58. The summed E-state index contributed by atoms with van der Waals surface area (Å²) in [5, 5.41) is 9.57. The molecular weight excluding hydrogens is 264 g/mol. The molecule has 2 saturated heterocycles. The van der Waals surface area contributed by atoms with Crippen LogP contribution in [0.1, 0.15) is 18.9 Å². The minimum atomic E-state index is -0.458. The number of nitrogens with zero attached hydrogens (tertiary/aromatic N) is 2. The fraction of sp³-hybridized carbons (Fsp3) is 0.588. The number of rotatable bonds is 3. The van der Waals surface area contributed by atoms with Crippen LogP contribution in [-0.4, -0.2) is 53.1 Å². The standard InChI is InChI=1S/C17H24N2O2/c1-17-15(14(12-20)11-18(17)2)8-9-19(16(17)21)10-13-6-4-3-5-7-13/h3-7,14-15,20H,8-12H2,1-2H3/t14-,15+,17-/m0/s1. The third-order valence-electron chi connectivity index (χ3n) is 5.47. The van der Waals surface area contributed by atoms with Crippen LogP contribution < -0.4 is 0 Å². The second kappa shape index (κ2) is 5.43. The van der Waals surface area contributed by atoms with E-state index < -0.39 is 5.54 Å². The molecule has 0 spiro atoms. The van der Waals surface area contributed by atoms with Gasteiger partial charge in [-0.05, 0) is 37.8 Å². The summed E-state index contributed by atoms with van der Waals surface area (Å²) < 4.78 is 0. The van der Waals surface area contributed by atoms with Crippen molar-refractivity contribution in [1.29, 1.82) is 0 Å². The molecule has 0 aliphatic carbocycles. The first kappa shape index (κ1) is 14.5. The predicted octanol–water partition coefficient (Wildman–Crippen LogP) is 1.35.